The van der Waals surface area contributed by atoms with E-state index in [4.69, 9.17) is 30.9 Å². The van der Waals surface area contributed by atoms with E-state index in [0.717, 1.165) is 22.0 Å². The molecule has 0 spiro atoms. The number of nitrogens with two attached hydrogens (primary N) is 1. The predicted octanol–water partition coefficient (Wildman–Crippen LogP) is -0.467. The molecule has 2 aromatic carbocycles. The molecule has 2 unspecified atom stereocenters. The van der Waals surface area contributed by atoms with Crippen LogP contribution in [0.4, 0.5) is 0 Å². The number of nitrogens with zero attached hydrogens (tertiary/aromatic N) is 2. The molecule has 1 amide bonds. The van der Waals surface area contributed by atoms with E-state index in [0.29, 0.717) is 28.3 Å². The number of benzene rings is 2. The summed E-state index contributed by atoms with van der Waals surface area (Å²) >= 11 is 0. The number of aliphatic carboxylic acids is 4. The molecule has 0 aliphatic carbocycles. The van der Waals surface area contributed by atoms with Crippen LogP contribution in [0.2, 0.25) is 0 Å². The number of carboxylic acids is 4. The molecule has 24 nitrogen and oxygen atoms in total. The molecule has 4 aromatic rings. The average molecular weight is 982 g/mol. The molecule has 0 saturated carbocycles. The lowest BCUT2D eigenvalue weighted by molar-refractivity contribution is -0.250. The van der Waals surface area contributed by atoms with Crippen molar-refractivity contribution in [2.75, 3.05) is 26.3 Å². The number of ether oxygens (including phenoxy) is 3. The second-order valence-corrected chi connectivity index (χ2v) is 15.4. The molecule has 1 saturated heterocycles. The van der Waals surface area contributed by atoms with Crippen LogP contribution in [0, 0.1) is 13.8 Å². The number of aromatic nitrogens is 2. The Labute approximate surface area is 393 Å². The van der Waals surface area contributed by atoms with Crippen LogP contribution in [0.5, 0.6) is 0 Å². The second kappa shape index (κ2) is 26.6. The number of carbonyl (C=O) groups excluding carboxylic acids is 4. The molecule has 1 aliphatic rings. The standard InChI is InChI=1S/C21H26N2O10.C16H18N2O5.C6H11NO4.ClH/c1-9-2-3-13-11(4-9)10(5-15(25)22-12(21(31)32)6-16(26)27)7-23(13)20-19(30)18(29)17(28)14(8-24)33-20;1-10-2-4-14-13(6-10)11(7-16(22)23)8-18(14)17-12(9-19)3-5-15(20)21;1-10-5(8)3-4(7)6(9)11-2;/h2-4,7,12,14,17-20,24,28-30H,5-6,8H2,1H3,(H,22,25)(H,26,27)(H,31,32);2,4,6,8-9,12,17H,3,5,7H2,1H3,(H,20,21)(H,22,23);4H,3,7H2,1-2H3;1H/t12-,14-,17-,18+,19-,20?;12-;;/m10../s1. The lowest BCUT2D eigenvalue weighted by Gasteiger charge is -2.40. The number of methoxy groups -OCH3 is 2. The highest BCUT2D eigenvalue weighted by molar-refractivity contribution is 5.92. The van der Waals surface area contributed by atoms with Gasteiger partial charge in [0.25, 0.3) is 0 Å². The Morgan fingerprint density at radius 2 is 1.38 bits per heavy atom. The van der Waals surface area contributed by atoms with Gasteiger partial charge in [-0.05, 0) is 55.7 Å². The number of aryl methyl sites for hydroxylation is 2. The highest BCUT2D eigenvalue weighted by atomic mass is 35.5. The topological polar surface area (TPSA) is 386 Å². The third kappa shape index (κ3) is 16.0. The first kappa shape index (κ1) is 57.5. The first-order valence-electron chi connectivity index (χ1n) is 20.4. The van der Waals surface area contributed by atoms with Crippen LogP contribution in [0.25, 0.3) is 21.8 Å². The molecule has 1 aliphatic heterocycles. The Kier molecular flexibility index (Phi) is 22.5. The van der Waals surface area contributed by atoms with Gasteiger partial charge in [0.1, 0.15) is 42.8 Å². The summed E-state index contributed by atoms with van der Waals surface area (Å²) in [5, 5.41) is 79.5. The molecule has 68 heavy (non-hydrogen) atoms. The van der Waals surface area contributed by atoms with Gasteiger partial charge in [-0.1, -0.05) is 23.3 Å². The van der Waals surface area contributed by atoms with Crippen molar-refractivity contribution >= 4 is 82.2 Å². The molecule has 2 aromatic heterocycles. The van der Waals surface area contributed by atoms with E-state index in [1.807, 2.05) is 32.0 Å². The number of hydrogen-bond acceptors (Lipinski definition) is 17. The average Bonchev–Trinajstić information content (AvgIpc) is 3.78. The number of carbonyl (C=O) groups is 8. The van der Waals surface area contributed by atoms with E-state index >= 15 is 0 Å². The van der Waals surface area contributed by atoms with Gasteiger partial charge in [0, 0.05) is 29.6 Å². The van der Waals surface area contributed by atoms with Crippen molar-refractivity contribution in [3.05, 3.63) is 71.0 Å². The largest absolute Gasteiger partial charge is 0.481 e. The fourth-order valence-electron chi connectivity index (χ4n) is 6.84. The van der Waals surface area contributed by atoms with Crippen molar-refractivity contribution in [1.29, 1.82) is 0 Å². The lowest BCUT2D eigenvalue weighted by Crippen LogP contribution is -2.56. The molecular weight excluding hydrogens is 926 g/mol. The lowest BCUT2D eigenvalue weighted by atomic mass is 9.98. The van der Waals surface area contributed by atoms with Crippen LogP contribution < -0.4 is 16.5 Å². The number of rotatable bonds is 19. The maximum atomic E-state index is 12.5. The number of fused-ring (bicyclic) bond motifs is 2. The first-order valence-corrected chi connectivity index (χ1v) is 20.4. The third-order valence-electron chi connectivity index (χ3n) is 10.2. The molecule has 12 N–H and O–H groups in total. The summed E-state index contributed by atoms with van der Waals surface area (Å²) in [7, 11) is 2.44. The number of nitrogens with one attached hydrogen (secondary N) is 2. The van der Waals surface area contributed by atoms with E-state index in [2.05, 4.69) is 20.2 Å². The second-order valence-electron chi connectivity index (χ2n) is 15.4. The van der Waals surface area contributed by atoms with Crippen molar-refractivity contribution < 1.29 is 93.4 Å². The van der Waals surface area contributed by atoms with Crippen molar-refractivity contribution in [3.8, 4) is 0 Å². The van der Waals surface area contributed by atoms with Crippen LogP contribution in [0.3, 0.4) is 0 Å². The van der Waals surface area contributed by atoms with Gasteiger partial charge in [0.05, 0.1) is 63.6 Å². The quantitative estimate of drug-likeness (QED) is 0.0418. The zero-order valence-electron chi connectivity index (χ0n) is 37.2. The number of aliphatic hydroxyl groups is 4. The van der Waals surface area contributed by atoms with E-state index in [1.54, 1.807) is 29.1 Å². The highest BCUT2D eigenvalue weighted by Gasteiger charge is 2.44. The molecule has 8 atom stereocenters. The minimum absolute atomic E-state index is 0. The third-order valence-corrected chi connectivity index (χ3v) is 10.2. The van der Waals surface area contributed by atoms with Gasteiger partial charge in [-0.15, -0.1) is 12.4 Å². The molecular formula is C43H56ClN5O19. The molecule has 374 valence electrons. The maximum absolute atomic E-state index is 12.5. The van der Waals surface area contributed by atoms with E-state index < -0.39 is 104 Å². The highest BCUT2D eigenvalue weighted by Crippen LogP contribution is 2.34. The van der Waals surface area contributed by atoms with Gasteiger partial charge in [-0.2, -0.15) is 0 Å². The van der Waals surface area contributed by atoms with Gasteiger partial charge in [-0.3, -0.25) is 33.4 Å². The van der Waals surface area contributed by atoms with Gasteiger partial charge in [0.2, 0.25) is 5.91 Å². The maximum Gasteiger partial charge on any atom is 0.326 e. The summed E-state index contributed by atoms with van der Waals surface area (Å²) in [5.74, 6) is -6.64. The Morgan fingerprint density at radius 3 is 1.90 bits per heavy atom. The zero-order chi connectivity index (χ0) is 50.3. The monoisotopic (exact) mass is 981 g/mol. The van der Waals surface area contributed by atoms with Crippen LogP contribution >= 0.6 is 12.4 Å². The van der Waals surface area contributed by atoms with Crippen LogP contribution in [-0.4, -0.2) is 161 Å². The smallest absolute Gasteiger partial charge is 0.326 e. The molecule has 0 bridgehead atoms. The van der Waals surface area contributed by atoms with E-state index in [-0.39, 0.29) is 44.5 Å². The van der Waals surface area contributed by atoms with Crippen LogP contribution in [0.15, 0.2) is 48.8 Å². The Balaban J connectivity index is 0.000000393. The van der Waals surface area contributed by atoms with E-state index in [9.17, 15) is 58.8 Å². The number of carboxylic acid groups (broad SMARTS) is 4. The van der Waals surface area contributed by atoms with Gasteiger partial charge < -0.3 is 80.9 Å². The summed E-state index contributed by atoms with van der Waals surface area (Å²) < 4.78 is 17.3. The summed E-state index contributed by atoms with van der Waals surface area (Å²) in [6.07, 6.45) is -4.56. The molecule has 3 heterocycles. The summed E-state index contributed by atoms with van der Waals surface area (Å²) in [6, 6.07) is 7.67. The fraction of sp³-hybridized carbons (Fsp3) is 0.442. The number of aldehydes is 1. The number of amides is 1. The predicted molar refractivity (Wildman–Crippen MR) is 239 cm³/mol. The van der Waals surface area contributed by atoms with Crippen molar-refractivity contribution in [1.82, 2.24) is 14.6 Å². The van der Waals surface area contributed by atoms with Gasteiger partial charge in [0.15, 0.2) is 6.23 Å². The van der Waals surface area contributed by atoms with Crippen LogP contribution in [-0.2, 0) is 65.4 Å². The zero-order valence-corrected chi connectivity index (χ0v) is 38.0. The fourth-order valence-corrected chi connectivity index (χ4v) is 6.84. The van der Waals surface area contributed by atoms with Crippen molar-refractivity contribution in [2.45, 2.75) is 101 Å². The Hall–Kier alpha value is -6.67. The Morgan fingerprint density at radius 1 is 0.794 bits per heavy atom. The minimum Gasteiger partial charge on any atom is -0.481 e. The molecule has 5 rings (SSSR count). The Bertz CT molecular complexity index is 2420. The summed E-state index contributed by atoms with van der Waals surface area (Å²) in [4.78, 5) is 88.6. The number of aliphatic hydroxyl groups excluding tert-OH is 4. The minimum atomic E-state index is -1.60. The SMILES string of the molecule is COC(=O)CC(N)C(=O)OC.Cc1ccc2c(c1)c(CC(=O)N[C@H](CC(=O)O)C(=O)O)cn2C1O[C@H](CO)[C@@H](O)[C@H](O)[C@H]1O.Cc1ccc2c(c1)c(CC(=O)O)cn2N[C@H](C=O)CCC(=O)O.Cl. The molecule has 1 fully saturated rings. The first-order chi connectivity index (χ1) is 31.5. The van der Waals surface area contributed by atoms with Crippen LogP contribution in [0.1, 0.15) is 54.2 Å². The normalized spacial score (nSPS) is 18.7. The summed E-state index contributed by atoms with van der Waals surface area (Å²) in [6.45, 7) is 3.13. The number of esters is 2. The van der Waals surface area contributed by atoms with Gasteiger partial charge >= 0.3 is 35.8 Å². The summed E-state index contributed by atoms with van der Waals surface area (Å²) in [5.41, 5.74) is 12.3. The van der Waals surface area contributed by atoms with Crippen molar-refractivity contribution in [2.24, 2.45) is 5.73 Å². The van der Waals surface area contributed by atoms with Gasteiger partial charge in [-0.25, -0.2) is 4.79 Å². The molecule has 25 heteroatoms. The van der Waals surface area contributed by atoms with E-state index in [1.165, 1.54) is 25.0 Å². The number of halogens is 1. The number of hydrogen-bond donors (Lipinski definition) is 11. The molecule has 0 radical (unpaired) electrons. The van der Waals surface area contributed by atoms with Crippen molar-refractivity contribution in [3.63, 3.8) is 0 Å².